The summed E-state index contributed by atoms with van der Waals surface area (Å²) in [4.78, 5) is 34.5. The Bertz CT molecular complexity index is 1060. The third-order valence-corrected chi connectivity index (χ3v) is 4.56. The van der Waals surface area contributed by atoms with Crippen molar-refractivity contribution in [2.75, 3.05) is 12.3 Å². The van der Waals surface area contributed by atoms with Crippen LogP contribution in [0.3, 0.4) is 0 Å². The van der Waals surface area contributed by atoms with Gasteiger partial charge in [-0.1, -0.05) is 0 Å². The zero-order valence-corrected chi connectivity index (χ0v) is 14.3. The first kappa shape index (κ1) is 16.9. The summed E-state index contributed by atoms with van der Waals surface area (Å²) in [5.74, 6) is -0.453. The minimum Gasteiger partial charge on any atom is -0.368 e. The Labute approximate surface area is 153 Å². The molecular formula is C19H16FN5O2. The third-order valence-electron chi connectivity index (χ3n) is 4.56. The van der Waals surface area contributed by atoms with Crippen LogP contribution >= 0.6 is 0 Å². The number of halogens is 1. The molecule has 8 heteroatoms. The number of nitrogens with zero attached hydrogens (tertiary/aromatic N) is 4. The van der Waals surface area contributed by atoms with Crippen LogP contribution in [0.2, 0.25) is 0 Å². The average molecular weight is 365 g/mol. The number of hydrogen-bond acceptors (Lipinski definition) is 5. The van der Waals surface area contributed by atoms with Crippen LogP contribution in [0.5, 0.6) is 0 Å². The van der Waals surface area contributed by atoms with E-state index in [1.54, 1.807) is 29.3 Å². The Morgan fingerprint density at radius 2 is 1.81 bits per heavy atom. The van der Waals surface area contributed by atoms with Crippen molar-refractivity contribution >= 4 is 11.9 Å². The number of amides is 1. The molecule has 136 valence electrons. The van der Waals surface area contributed by atoms with Crippen LogP contribution in [0.1, 0.15) is 21.5 Å². The Morgan fingerprint density at radius 1 is 1.11 bits per heavy atom. The Morgan fingerprint density at radius 3 is 2.52 bits per heavy atom. The van der Waals surface area contributed by atoms with Crippen LogP contribution in [0.25, 0.3) is 5.69 Å². The number of benzene rings is 1. The molecule has 3 aromatic rings. The standard InChI is InChI=1S/C19H16FN5O2/c20-15-1-3-16(4-2-15)25-11-14-10-24(6-5-12(14)7-17(25)26)18(27)13-8-22-19(21)23-9-13/h1-4,7-9,11H,5-6,10H2,(H2,21,22,23). The van der Waals surface area contributed by atoms with Gasteiger partial charge < -0.3 is 10.6 Å². The maximum atomic E-state index is 13.2. The Kier molecular flexibility index (Phi) is 4.15. The monoisotopic (exact) mass is 365 g/mol. The predicted molar refractivity (Wildman–Crippen MR) is 96.9 cm³/mol. The van der Waals surface area contributed by atoms with Crippen LogP contribution in [-0.4, -0.2) is 31.9 Å². The smallest absolute Gasteiger partial charge is 0.257 e. The first-order chi connectivity index (χ1) is 13.0. The molecule has 0 radical (unpaired) electrons. The molecule has 1 amide bonds. The van der Waals surface area contributed by atoms with Crippen molar-refractivity contribution in [3.8, 4) is 5.69 Å². The van der Waals surface area contributed by atoms with Gasteiger partial charge in [0.05, 0.1) is 5.56 Å². The van der Waals surface area contributed by atoms with E-state index in [2.05, 4.69) is 9.97 Å². The number of hydrogen-bond donors (Lipinski definition) is 1. The number of pyridine rings is 1. The molecule has 2 N–H and O–H groups in total. The molecule has 3 heterocycles. The molecule has 0 bridgehead atoms. The summed E-state index contributed by atoms with van der Waals surface area (Å²) in [6, 6.07) is 7.27. The van der Waals surface area contributed by atoms with E-state index in [0.29, 0.717) is 30.8 Å². The fourth-order valence-corrected chi connectivity index (χ4v) is 3.14. The average Bonchev–Trinajstić information content (AvgIpc) is 2.68. The van der Waals surface area contributed by atoms with Gasteiger partial charge in [0.25, 0.3) is 11.5 Å². The van der Waals surface area contributed by atoms with Crippen LogP contribution in [0, 0.1) is 5.82 Å². The van der Waals surface area contributed by atoms with E-state index in [1.165, 1.54) is 29.1 Å². The topological polar surface area (TPSA) is 94.1 Å². The van der Waals surface area contributed by atoms with Gasteiger partial charge >= 0.3 is 0 Å². The second kappa shape index (κ2) is 6.64. The quantitative estimate of drug-likeness (QED) is 0.744. The highest BCUT2D eigenvalue weighted by Crippen LogP contribution is 2.20. The second-order valence-electron chi connectivity index (χ2n) is 6.32. The van der Waals surface area contributed by atoms with Crippen molar-refractivity contribution in [3.05, 3.63) is 81.8 Å². The highest BCUT2D eigenvalue weighted by atomic mass is 19.1. The van der Waals surface area contributed by atoms with Gasteiger partial charge in [0.1, 0.15) is 5.82 Å². The Balaban J connectivity index is 1.64. The number of nitrogens with two attached hydrogens (primary N) is 1. The summed E-state index contributed by atoms with van der Waals surface area (Å²) < 4.78 is 14.6. The van der Waals surface area contributed by atoms with Crippen molar-refractivity contribution in [2.45, 2.75) is 13.0 Å². The SMILES string of the molecule is Nc1ncc(C(=O)N2CCc3cc(=O)n(-c4ccc(F)cc4)cc3C2)cn1. The number of carbonyl (C=O) groups is 1. The molecular weight excluding hydrogens is 349 g/mol. The van der Waals surface area contributed by atoms with Crippen LogP contribution in [-0.2, 0) is 13.0 Å². The van der Waals surface area contributed by atoms with Gasteiger partial charge in [-0.15, -0.1) is 0 Å². The van der Waals surface area contributed by atoms with Gasteiger partial charge in [0.15, 0.2) is 0 Å². The largest absolute Gasteiger partial charge is 0.368 e. The van der Waals surface area contributed by atoms with Crippen LogP contribution in [0.4, 0.5) is 10.3 Å². The summed E-state index contributed by atoms with van der Waals surface area (Å²) >= 11 is 0. The molecule has 0 saturated heterocycles. The molecule has 0 fully saturated rings. The summed E-state index contributed by atoms with van der Waals surface area (Å²) in [6.07, 6.45) is 5.10. The molecule has 7 nitrogen and oxygen atoms in total. The van der Waals surface area contributed by atoms with Crippen molar-refractivity contribution in [1.29, 1.82) is 0 Å². The molecule has 0 unspecified atom stereocenters. The van der Waals surface area contributed by atoms with E-state index in [4.69, 9.17) is 5.73 Å². The predicted octanol–water partition coefficient (Wildman–Crippen LogP) is 1.55. The minimum atomic E-state index is -0.368. The van der Waals surface area contributed by atoms with E-state index in [0.717, 1.165) is 11.1 Å². The molecule has 0 saturated carbocycles. The van der Waals surface area contributed by atoms with E-state index in [1.807, 2.05) is 0 Å². The lowest BCUT2D eigenvalue weighted by atomic mass is 10.0. The van der Waals surface area contributed by atoms with Crippen LogP contribution < -0.4 is 11.3 Å². The maximum Gasteiger partial charge on any atom is 0.257 e. The molecule has 1 aliphatic rings. The Hall–Kier alpha value is -3.55. The number of nitrogen functional groups attached to an aromatic ring is 1. The first-order valence-electron chi connectivity index (χ1n) is 8.38. The molecule has 1 aliphatic heterocycles. The van der Waals surface area contributed by atoms with Crippen molar-refractivity contribution < 1.29 is 9.18 Å². The van der Waals surface area contributed by atoms with Gasteiger partial charge in [-0.2, -0.15) is 0 Å². The minimum absolute atomic E-state index is 0.110. The fourth-order valence-electron chi connectivity index (χ4n) is 3.14. The summed E-state index contributed by atoms with van der Waals surface area (Å²) in [5, 5.41) is 0. The number of anilines is 1. The summed E-state index contributed by atoms with van der Waals surface area (Å²) in [6.45, 7) is 0.857. The molecule has 0 aliphatic carbocycles. The lowest BCUT2D eigenvalue weighted by molar-refractivity contribution is 0.0733. The zero-order chi connectivity index (χ0) is 19.0. The highest BCUT2D eigenvalue weighted by molar-refractivity contribution is 5.93. The van der Waals surface area contributed by atoms with Gasteiger partial charge in [0.2, 0.25) is 5.95 Å². The van der Waals surface area contributed by atoms with Crippen molar-refractivity contribution in [2.24, 2.45) is 0 Å². The summed E-state index contributed by atoms with van der Waals surface area (Å²) in [5.41, 5.74) is 7.99. The molecule has 2 aromatic heterocycles. The maximum absolute atomic E-state index is 13.2. The number of aromatic nitrogens is 3. The first-order valence-corrected chi connectivity index (χ1v) is 8.38. The fraction of sp³-hybridized carbons (Fsp3) is 0.158. The number of fused-ring (bicyclic) bond motifs is 1. The van der Waals surface area contributed by atoms with Crippen LogP contribution in [0.15, 0.2) is 53.7 Å². The van der Waals surface area contributed by atoms with Gasteiger partial charge in [-0.25, -0.2) is 14.4 Å². The van der Waals surface area contributed by atoms with E-state index < -0.39 is 0 Å². The van der Waals surface area contributed by atoms with E-state index in [-0.39, 0.29) is 23.2 Å². The van der Waals surface area contributed by atoms with E-state index >= 15 is 0 Å². The third kappa shape index (κ3) is 3.29. The second-order valence-corrected chi connectivity index (χ2v) is 6.32. The number of rotatable bonds is 2. The molecule has 0 spiro atoms. The van der Waals surface area contributed by atoms with Gasteiger partial charge in [-0.3, -0.25) is 14.2 Å². The van der Waals surface area contributed by atoms with E-state index in [9.17, 15) is 14.0 Å². The van der Waals surface area contributed by atoms with Gasteiger partial charge in [0, 0.05) is 43.4 Å². The molecule has 4 rings (SSSR count). The molecule has 27 heavy (non-hydrogen) atoms. The lowest BCUT2D eigenvalue weighted by Gasteiger charge is -2.29. The normalized spacial score (nSPS) is 13.3. The van der Waals surface area contributed by atoms with Crippen molar-refractivity contribution in [1.82, 2.24) is 19.4 Å². The molecule has 0 atom stereocenters. The molecule has 1 aromatic carbocycles. The van der Waals surface area contributed by atoms with Crippen molar-refractivity contribution in [3.63, 3.8) is 0 Å². The zero-order valence-electron chi connectivity index (χ0n) is 14.3. The lowest BCUT2D eigenvalue weighted by Crippen LogP contribution is -2.37. The van der Waals surface area contributed by atoms with Gasteiger partial charge in [-0.05, 0) is 41.8 Å². The number of carbonyl (C=O) groups excluding carboxylic acids is 1. The summed E-state index contributed by atoms with van der Waals surface area (Å²) in [7, 11) is 0. The highest BCUT2D eigenvalue weighted by Gasteiger charge is 2.23.